The number of phenolic OH excluding ortho intramolecular Hbond substituents is 1. The van der Waals surface area contributed by atoms with Crippen molar-refractivity contribution in [2.24, 2.45) is 4.99 Å². The number of hydrogen-bond acceptors (Lipinski definition) is 5. The molecule has 0 aliphatic heterocycles. The van der Waals surface area contributed by atoms with Gasteiger partial charge in [0.25, 0.3) is 0 Å². The van der Waals surface area contributed by atoms with Crippen LogP contribution in [-0.2, 0) is 0 Å². The summed E-state index contributed by atoms with van der Waals surface area (Å²) >= 11 is 5.51. The van der Waals surface area contributed by atoms with Crippen molar-refractivity contribution in [2.45, 2.75) is 0 Å². The van der Waals surface area contributed by atoms with E-state index in [1.54, 1.807) is 13.3 Å². The summed E-state index contributed by atoms with van der Waals surface area (Å²) in [6, 6.07) is 16.7. The topological polar surface area (TPSA) is 67.9 Å². The molecular formula is C21H14BrIN2O3. The van der Waals surface area contributed by atoms with Crippen molar-refractivity contribution in [3.63, 3.8) is 0 Å². The van der Waals surface area contributed by atoms with Crippen molar-refractivity contribution in [3.05, 3.63) is 68.2 Å². The molecule has 140 valence electrons. The number of aliphatic imine (C=N–C) groups is 1. The number of methoxy groups -OCH3 is 1. The van der Waals surface area contributed by atoms with Crippen LogP contribution in [0.1, 0.15) is 5.56 Å². The zero-order valence-electron chi connectivity index (χ0n) is 14.7. The molecule has 4 rings (SSSR count). The lowest BCUT2D eigenvalue weighted by atomic mass is 10.2. The predicted octanol–water partition coefficient (Wildman–Crippen LogP) is 6.33. The summed E-state index contributed by atoms with van der Waals surface area (Å²) in [7, 11) is 1.63. The molecule has 0 spiro atoms. The fourth-order valence-corrected chi connectivity index (χ4v) is 4.23. The first kappa shape index (κ1) is 18.9. The highest BCUT2D eigenvalue weighted by atomic mass is 127. The number of aromatic nitrogens is 1. The first-order valence-electron chi connectivity index (χ1n) is 8.30. The molecule has 0 unspecified atom stereocenters. The molecule has 1 aromatic heterocycles. The molecule has 1 heterocycles. The van der Waals surface area contributed by atoms with Crippen molar-refractivity contribution in [3.8, 4) is 23.0 Å². The molecule has 3 aromatic carbocycles. The van der Waals surface area contributed by atoms with Crippen LogP contribution in [0.3, 0.4) is 0 Å². The minimum atomic E-state index is 0.205. The lowest BCUT2D eigenvalue weighted by Gasteiger charge is -2.02. The van der Waals surface area contributed by atoms with Gasteiger partial charge in [0.05, 0.1) is 16.4 Å². The first-order chi connectivity index (χ1) is 13.5. The maximum Gasteiger partial charge on any atom is 0.227 e. The van der Waals surface area contributed by atoms with Gasteiger partial charge in [-0.2, -0.15) is 0 Å². The number of nitrogens with zero attached hydrogens (tertiary/aromatic N) is 2. The van der Waals surface area contributed by atoms with Gasteiger partial charge in [0, 0.05) is 21.8 Å². The molecule has 0 aliphatic carbocycles. The monoisotopic (exact) mass is 548 g/mol. The van der Waals surface area contributed by atoms with Gasteiger partial charge in [-0.15, -0.1) is 0 Å². The van der Waals surface area contributed by atoms with Gasteiger partial charge < -0.3 is 14.3 Å². The van der Waals surface area contributed by atoms with Gasteiger partial charge in [-0.05, 0) is 77.2 Å². The molecule has 0 atom stereocenters. The lowest BCUT2D eigenvalue weighted by molar-refractivity contribution is 0.415. The third-order valence-electron chi connectivity index (χ3n) is 4.12. The summed E-state index contributed by atoms with van der Waals surface area (Å²) in [5.74, 6) is 1.52. The molecule has 0 saturated heterocycles. The van der Waals surface area contributed by atoms with Gasteiger partial charge in [-0.1, -0.05) is 15.9 Å². The van der Waals surface area contributed by atoms with E-state index in [9.17, 15) is 5.11 Å². The molecule has 28 heavy (non-hydrogen) atoms. The van der Waals surface area contributed by atoms with Crippen LogP contribution in [0.25, 0.3) is 22.6 Å². The largest absolute Gasteiger partial charge is 0.506 e. The third kappa shape index (κ3) is 3.90. The van der Waals surface area contributed by atoms with Gasteiger partial charge in [0.15, 0.2) is 5.58 Å². The quantitative estimate of drug-likeness (QED) is 0.239. The summed E-state index contributed by atoms with van der Waals surface area (Å²) in [5.41, 5.74) is 3.63. The molecule has 4 aromatic rings. The van der Waals surface area contributed by atoms with E-state index in [-0.39, 0.29) is 5.75 Å². The van der Waals surface area contributed by atoms with E-state index in [4.69, 9.17) is 9.15 Å². The average Bonchev–Trinajstić information content (AvgIpc) is 3.13. The lowest BCUT2D eigenvalue weighted by Crippen LogP contribution is -1.86. The predicted molar refractivity (Wildman–Crippen MR) is 122 cm³/mol. The number of phenols is 1. The van der Waals surface area contributed by atoms with Crippen LogP contribution in [0.5, 0.6) is 11.5 Å². The molecular weight excluding hydrogens is 535 g/mol. The van der Waals surface area contributed by atoms with Gasteiger partial charge in [-0.25, -0.2) is 4.98 Å². The van der Waals surface area contributed by atoms with E-state index in [0.717, 1.165) is 25.0 Å². The highest BCUT2D eigenvalue weighted by molar-refractivity contribution is 14.1. The zero-order chi connectivity index (χ0) is 19.7. The van der Waals surface area contributed by atoms with E-state index < -0.39 is 0 Å². The number of ether oxygens (including phenoxy) is 1. The summed E-state index contributed by atoms with van der Waals surface area (Å²) < 4.78 is 12.7. The fourth-order valence-electron chi connectivity index (χ4n) is 2.68. The highest BCUT2D eigenvalue weighted by Crippen LogP contribution is 2.30. The van der Waals surface area contributed by atoms with Crippen LogP contribution in [-0.4, -0.2) is 23.4 Å². The molecule has 0 fully saturated rings. The van der Waals surface area contributed by atoms with Crippen molar-refractivity contribution < 1.29 is 14.3 Å². The Morgan fingerprint density at radius 2 is 1.93 bits per heavy atom. The van der Waals surface area contributed by atoms with Crippen molar-refractivity contribution in [2.75, 3.05) is 7.11 Å². The molecule has 0 bridgehead atoms. The summed E-state index contributed by atoms with van der Waals surface area (Å²) in [6.45, 7) is 0. The minimum Gasteiger partial charge on any atom is -0.506 e. The Bertz CT molecular complexity index is 1190. The SMILES string of the molecule is COc1ccc(-c2nc3cc(N=Cc4cc(Br)cc(I)c4O)ccc3o2)cc1. The van der Waals surface area contributed by atoms with Crippen LogP contribution in [0.2, 0.25) is 0 Å². The second-order valence-corrected chi connectivity index (χ2v) is 8.06. The summed E-state index contributed by atoms with van der Waals surface area (Å²) in [5, 5.41) is 10.2. The number of oxazole rings is 1. The molecule has 1 N–H and O–H groups in total. The fraction of sp³-hybridized carbons (Fsp3) is 0.0476. The summed E-state index contributed by atoms with van der Waals surface area (Å²) in [4.78, 5) is 9.03. The van der Waals surface area contributed by atoms with E-state index in [1.807, 2.05) is 54.6 Å². The number of aromatic hydroxyl groups is 1. The minimum absolute atomic E-state index is 0.205. The third-order valence-corrected chi connectivity index (χ3v) is 5.40. The highest BCUT2D eigenvalue weighted by Gasteiger charge is 2.09. The number of fused-ring (bicyclic) bond motifs is 1. The Kier molecular flexibility index (Phi) is 5.36. The van der Waals surface area contributed by atoms with Gasteiger partial charge in [-0.3, -0.25) is 4.99 Å². The molecule has 0 aliphatic rings. The van der Waals surface area contributed by atoms with Crippen LogP contribution >= 0.6 is 38.5 Å². The molecule has 5 nitrogen and oxygen atoms in total. The first-order valence-corrected chi connectivity index (χ1v) is 10.2. The Morgan fingerprint density at radius 3 is 2.68 bits per heavy atom. The van der Waals surface area contributed by atoms with Crippen LogP contribution in [0, 0.1) is 3.57 Å². The van der Waals surface area contributed by atoms with Gasteiger partial charge in [0.1, 0.15) is 17.0 Å². The Balaban J connectivity index is 1.65. The van der Waals surface area contributed by atoms with Crippen molar-refractivity contribution >= 4 is 61.5 Å². The van der Waals surface area contributed by atoms with E-state index in [0.29, 0.717) is 22.6 Å². The standard InChI is InChI=1S/C21H14BrIN2O3/c1-27-16-5-2-12(3-6-16)21-25-18-10-15(4-7-19(18)28-21)24-11-13-8-14(22)9-17(23)20(13)26/h2-11,26H,1H3. The smallest absolute Gasteiger partial charge is 0.227 e. The average molecular weight is 549 g/mol. The second kappa shape index (κ2) is 7.92. The van der Waals surface area contributed by atoms with Crippen molar-refractivity contribution in [1.29, 1.82) is 0 Å². The number of rotatable bonds is 4. The van der Waals surface area contributed by atoms with E-state index in [1.165, 1.54) is 0 Å². The summed E-state index contributed by atoms with van der Waals surface area (Å²) in [6.07, 6.45) is 1.63. The van der Waals surface area contributed by atoms with Gasteiger partial charge >= 0.3 is 0 Å². The van der Waals surface area contributed by atoms with Crippen LogP contribution in [0.4, 0.5) is 5.69 Å². The second-order valence-electron chi connectivity index (χ2n) is 5.98. The molecule has 7 heteroatoms. The Labute approximate surface area is 183 Å². The number of hydrogen-bond donors (Lipinski definition) is 1. The van der Waals surface area contributed by atoms with E-state index in [2.05, 4.69) is 48.5 Å². The van der Waals surface area contributed by atoms with Gasteiger partial charge in [0.2, 0.25) is 5.89 Å². The normalized spacial score (nSPS) is 11.4. The molecule has 0 amide bonds. The maximum atomic E-state index is 10.2. The van der Waals surface area contributed by atoms with Crippen molar-refractivity contribution in [1.82, 2.24) is 4.98 Å². The maximum absolute atomic E-state index is 10.2. The number of halogens is 2. The number of benzene rings is 3. The Morgan fingerprint density at radius 1 is 1.14 bits per heavy atom. The zero-order valence-corrected chi connectivity index (χ0v) is 18.4. The van der Waals surface area contributed by atoms with Crippen LogP contribution in [0.15, 0.2) is 68.5 Å². The van der Waals surface area contributed by atoms with Crippen LogP contribution < -0.4 is 4.74 Å². The van der Waals surface area contributed by atoms with E-state index >= 15 is 0 Å². The molecule has 0 saturated carbocycles. The molecule has 0 radical (unpaired) electrons. The Hall–Kier alpha value is -2.39.